The van der Waals surface area contributed by atoms with E-state index in [4.69, 9.17) is 0 Å². The van der Waals surface area contributed by atoms with Crippen molar-refractivity contribution in [1.82, 2.24) is 14.9 Å². The molecule has 168 valence electrons. The molecule has 3 rings (SSSR count). The number of nitrogens with zero attached hydrogens (tertiary/aromatic N) is 2. The van der Waals surface area contributed by atoms with Crippen LogP contribution in [-0.4, -0.2) is 46.5 Å². The van der Waals surface area contributed by atoms with Gasteiger partial charge in [-0.3, -0.25) is 4.99 Å². The Morgan fingerprint density at radius 1 is 1.10 bits per heavy atom. The van der Waals surface area contributed by atoms with Crippen molar-refractivity contribution in [1.29, 1.82) is 0 Å². The summed E-state index contributed by atoms with van der Waals surface area (Å²) in [5, 5.41) is 3.48. The second kappa shape index (κ2) is 10.8. The normalized spacial score (nSPS) is 20.0. The van der Waals surface area contributed by atoms with Gasteiger partial charge >= 0.3 is 0 Å². The maximum Gasteiger partial charge on any atom is 0.215 e. The summed E-state index contributed by atoms with van der Waals surface area (Å²) in [6, 6.07) is 18.5. The standard InChI is InChI=1S/C24H34N4O2S/c1-4-21-17-28(15-14-23(21)22-8-6-5-7-9-22)24(25-2)27-16-19-10-12-20(13-11-19)18-31(29,30)26-3/h5-13,21,23,26H,4,14-18H2,1-3H3,(H,25,27). The maximum atomic E-state index is 11.7. The Bertz CT molecular complexity index is 959. The largest absolute Gasteiger partial charge is 0.352 e. The summed E-state index contributed by atoms with van der Waals surface area (Å²) >= 11 is 0. The van der Waals surface area contributed by atoms with Gasteiger partial charge in [0.25, 0.3) is 0 Å². The number of sulfonamides is 1. The van der Waals surface area contributed by atoms with E-state index in [1.54, 1.807) is 0 Å². The van der Waals surface area contributed by atoms with E-state index in [1.807, 2.05) is 31.3 Å². The number of aliphatic imine (C=N–C) groups is 1. The molecular formula is C24H34N4O2S. The van der Waals surface area contributed by atoms with Gasteiger partial charge in [0, 0.05) is 26.7 Å². The number of piperidine rings is 1. The smallest absolute Gasteiger partial charge is 0.215 e. The molecule has 2 aromatic rings. The first-order valence-electron chi connectivity index (χ1n) is 10.9. The van der Waals surface area contributed by atoms with Crippen molar-refractivity contribution in [2.75, 3.05) is 27.2 Å². The predicted octanol–water partition coefficient (Wildman–Crippen LogP) is 3.33. The van der Waals surface area contributed by atoms with Crippen LogP contribution >= 0.6 is 0 Å². The molecule has 2 N–H and O–H groups in total. The fourth-order valence-corrected chi connectivity index (χ4v) is 5.11. The molecule has 31 heavy (non-hydrogen) atoms. The molecule has 0 amide bonds. The van der Waals surface area contributed by atoms with Gasteiger partial charge in [-0.2, -0.15) is 0 Å². The molecule has 2 aromatic carbocycles. The first kappa shape index (κ1) is 23.3. The van der Waals surface area contributed by atoms with Crippen LogP contribution in [0.3, 0.4) is 0 Å². The lowest BCUT2D eigenvalue weighted by Crippen LogP contribution is -2.48. The minimum atomic E-state index is -3.25. The Labute approximate surface area is 186 Å². The van der Waals surface area contributed by atoms with E-state index in [-0.39, 0.29) is 5.75 Å². The van der Waals surface area contributed by atoms with Crippen molar-refractivity contribution >= 4 is 16.0 Å². The zero-order valence-electron chi connectivity index (χ0n) is 18.7. The molecular weight excluding hydrogens is 408 g/mol. The second-order valence-electron chi connectivity index (χ2n) is 8.10. The Balaban J connectivity index is 1.58. The fraction of sp³-hybridized carbons (Fsp3) is 0.458. The number of hydrogen-bond donors (Lipinski definition) is 2. The van der Waals surface area contributed by atoms with Crippen molar-refractivity contribution in [3.8, 4) is 0 Å². The van der Waals surface area contributed by atoms with Gasteiger partial charge in [0.1, 0.15) is 0 Å². The lowest BCUT2D eigenvalue weighted by molar-refractivity contribution is 0.215. The van der Waals surface area contributed by atoms with E-state index in [0.717, 1.165) is 43.0 Å². The quantitative estimate of drug-likeness (QED) is 0.510. The van der Waals surface area contributed by atoms with E-state index in [1.165, 1.54) is 12.6 Å². The minimum absolute atomic E-state index is 0.00631. The van der Waals surface area contributed by atoms with E-state index in [0.29, 0.717) is 18.4 Å². The molecule has 1 saturated heterocycles. The molecule has 0 aliphatic carbocycles. The summed E-state index contributed by atoms with van der Waals surface area (Å²) in [4.78, 5) is 6.88. The first-order chi connectivity index (χ1) is 15.0. The lowest BCUT2D eigenvalue weighted by atomic mass is 9.79. The molecule has 2 unspecified atom stereocenters. The van der Waals surface area contributed by atoms with Crippen molar-refractivity contribution < 1.29 is 8.42 Å². The van der Waals surface area contributed by atoms with E-state index in [2.05, 4.69) is 57.2 Å². The van der Waals surface area contributed by atoms with Crippen LogP contribution in [0.15, 0.2) is 59.6 Å². The summed E-state index contributed by atoms with van der Waals surface area (Å²) in [5.74, 6) is 2.12. The van der Waals surface area contributed by atoms with Crippen LogP contribution < -0.4 is 10.0 Å². The van der Waals surface area contributed by atoms with Gasteiger partial charge in [0.2, 0.25) is 10.0 Å². The third-order valence-corrected chi connectivity index (χ3v) is 7.47. The van der Waals surface area contributed by atoms with Crippen LogP contribution in [0.1, 0.15) is 42.4 Å². The summed E-state index contributed by atoms with van der Waals surface area (Å²) in [6.07, 6.45) is 2.27. The molecule has 7 heteroatoms. The van der Waals surface area contributed by atoms with Gasteiger partial charge in [-0.25, -0.2) is 13.1 Å². The molecule has 0 radical (unpaired) electrons. The van der Waals surface area contributed by atoms with Gasteiger partial charge in [0.05, 0.1) is 5.75 Å². The molecule has 0 aromatic heterocycles. The average Bonchev–Trinajstić information content (AvgIpc) is 2.80. The van der Waals surface area contributed by atoms with Crippen molar-refractivity contribution in [3.63, 3.8) is 0 Å². The number of likely N-dealkylation sites (tertiary alicyclic amines) is 1. The SMILES string of the molecule is CCC1CN(C(=NC)NCc2ccc(CS(=O)(=O)NC)cc2)CCC1c1ccccc1. The van der Waals surface area contributed by atoms with Crippen LogP contribution in [0.4, 0.5) is 0 Å². The number of nitrogens with one attached hydrogen (secondary N) is 2. The van der Waals surface area contributed by atoms with Crippen molar-refractivity contribution in [2.45, 2.75) is 38.0 Å². The van der Waals surface area contributed by atoms with Crippen molar-refractivity contribution in [2.24, 2.45) is 10.9 Å². The van der Waals surface area contributed by atoms with Crippen LogP contribution in [0.5, 0.6) is 0 Å². The average molecular weight is 443 g/mol. The van der Waals surface area contributed by atoms with Crippen LogP contribution in [0, 0.1) is 5.92 Å². The number of guanidine groups is 1. The predicted molar refractivity (Wildman–Crippen MR) is 127 cm³/mol. The molecule has 6 nitrogen and oxygen atoms in total. The molecule has 0 saturated carbocycles. The molecule has 0 bridgehead atoms. The zero-order chi connectivity index (χ0) is 22.3. The highest BCUT2D eigenvalue weighted by molar-refractivity contribution is 7.88. The van der Waals surface area contributed by atoms with Gasteiger partial charge in [-0.15, -0.1) is 0 Å². The van der Waals surface area contributed by atoms with E-state index in [9.17, 15) is 8.42 Å². The number of benzene rings is 2. The van der Waals surface area contributed by atoms with Gasteiger partial charge in [-0.05, 0) is 42.0 Å². The zero-order valence-corrected chi connectivity index (χ0v) is 19.5. The maximum absolute atomic E-state index is 11.7. The second-order valence-corrected chi connectivity index (χ2v) is 10.0. The van der Waals surface area contributed by atoms with Gasteiger partial charge < -0.3 is 10.2 Å². The highest BCUT2D eigenvalue weighted by Gasteiger charge is 2.30. The fourth-order valence-electron chi connectivity index (χ4n) is 4.34. The Hall–Kier alpha value is -2.38. The van der Waals surface area contributed by atoms with Crippen LogP contribution in [0.25, 0.3) is 0 Å². The van der Waals surface area contributed by atoms with E-state index >= 15 is 0 Å². The van der Waals surface area contributed by atoms with E-state index < -0.39 is 10.0 Å². The summed E-state index contributed by atoms with van der Waals surface area (Å²) in [6.45, 7) is 4.91. The summed E-state index contributed by atoms with van der Waals surface area (Å²) in [7, 11) is 0.0136. The van der Waals surface area contributed by atoms with Crippen molar-refractivity contribution in [3.05, 3.63) is 71.3 Å². The topological polar surface area (TPSA) is 73.8 Å². The third-order valence-electron chi connectivity index (χ3n) is 6.14. The summed E-state index contributed by atoms with van der Waals surface area (Å²) in [5.41, 5.74) is 3.31. The van der Waals surface area contributed by atoms with Gasteiger partial charge in [-0.1, -0.05) is 67.9 Å². The Morgan fingerprint density at radius 3 is 2.39 bits per heavy atom. The Morgan fingerprint density at radius 2 is 1.77 bits per heavy atom. The molecule has 1 aliphatic heterocycles. The molecule has 1 aliphatic rings. The lowest BCUT2D eigenvalue weighted by Gasteiger charge is -2.40. The molecule has 1 fully saturated rings. The highest BCUT2D eigenvalue weighted by Crippen LogP contribution is 2.34. The van der Waals surface area contributed by atoms with Gasteiger partial charge in [0.15, 0.2) is 5.96 Å². The monoisotopic (exact) mass is 442 g/mol. The van der Waals surface area contributed by atoms with Crippen LogP contribution in [-0.2, 0) is 22.3 Å². The third kappa shape index (κ3) is 6.31. The van der Waals surface area contributed by atoms with Crippen LogP contribution in [0.2, 0.25) is 0 Å². The summed E-state index contributed by atoms with van der Waals surface area (Å²) < 4.78 is 25.8. The molecule has 0 spiro atoms. The number of hydrogen-bond acceptors (Lipinski definition) is 3. The molecule has 1 heterocycles. The number of rotatable bonds is 7. The minimum Gasteiger partial charge on any atom is -0.352 e. The molecule has 2 atom stereocenters. The Kier molecular flexibility index (Phi) is 8.09. The highest BCUT2D eigenvalue weighted by atomic mass is 32.2. The first-order valence-corrected chi connectivity index (χ1v) is 12.6.